The van der Waals surface area contributed by atoms with E-state index in [0.29, 0.717) is 12.4 Å². The molecule has 1 heterocycles. The fourth-order valence-electron chi connectivity index (χ4n) is 2.76. The summed E-state index contributed by atoms with van der Waals surface area (Å²) in [7, 11) is 0. The number of ether oxygens (including phenoxy) is 2. The molecule has 0 fully saturated rings. The summed E-state index contributed by atoms with van der Waals surface area (Å²) in [5, 5.41) is 0. The lowest BCUT2D eigenvalue weighted by molar-refractivity contribution is -0.129. The molecule has 0 aromatic heterocycles. The van der Waals surface area contributed by atoms with Crippen molar-refractivity contribution in [2.45, 2.75) is 6.61 Å². The van der Waals surface area contributed by atoms with Gasteiger partial charge in [0.25, 0.3) is 0 Å². The first-order valence-electron chi connectivity index (χ1n) is 8.83. The van der Waals surface area contributed by atoms with Crippen LogP contribution >= 0.6 is 15.9 Å². The Morgan fingerprint density at radius 2 is 1.83 bits per heavy atom. The highest BCUT2D eigenvalue weighted by Gasteiger charge is 2.25. The Kier molecular flexibility index (Phi) is 5.53. The van der Waals surface area contributed by atoms with Crippen molar-refractivity contribution in [1.82, 2.24) is 0 Å². The lowest BCUT2D eigenvalue weighted by Gasteiger charge is -2.07. The van der Waals surface area contributed by atoms with E-state index in [1.165, 1.54) is 12.1 Å². The van der Waals surface area contributed by atoms with Gasteiger partial charge < -0.3 is 9.47 Å². The Morgan fingerprint density at radius 3 is 2.62 bits per heavy atom. The van der Waals surface area contributed by atoms with Crippen LogP contribution < -0.4 is 4.74 Å². The van der Waals surface area contributed by atoms with Crippen LogP contribution in [-0.4, -0.2) is 11.9 Å². The zero-order valence-corrected chi connectivity index (χ0v) is 16.7. The average molecular weight is 452 g/mol. The number of cyclic esters (lactones) is 1. The Morgan fingerprint density at radius 1 is 1.03 bits per heavy atom. The van der Waals surface area contributed by atoms with Gasteiger partial charge in [0.15, 0.2) is 5.70 Å². The molecule has 4 rings (SSSR count). The molecule has 3 aromatic rings. The number of carbonyl (C=O) groups is 1. The van der Waals surface area contributed by atoms with Gasteiger partial charge in [0.2, 0.25) is 5.90 Å². The Balaban J connectivity index is 1.52. The maximum Gasteiger partial charge on any atom is 0.363 e. The average Bonchev–Trinajstić information content (AvgIpc) is 3.08. The van der Waals surface area contributed by atoms with Crippen LogP contribution in [0.4, 0.5) is 4.39 Å². The second-order valence-electron chi connectivity index (χ2n) is 6.30. The van der Waals surface area contributed by atoms with E-state index in [1.807, 2.05) is 42.5 Å². The first-order chi connectivity index (χ1) is 14.1. The molecule has 0 radical (unpaired) electrons. The molecule has 0 saturated heterocycles. The summed E-state index contributed by atoms with van der Waals surface area (Å²) >= 11 is 3.40. The van der Waals surface area contributed by atoms with Crippen molar-refractivity contribution >= 4 is 33.9 Å². The number of hydrogen-bond acceptors (Lipinski definition) is 4. The molecule has 0 aliphatic carbocycles. The first-order valence-corrected chi connectivity index (χ1v) is 9.62. The van der Waals surface area contributed by atoms with Gasteiger partial charge in [-0.25, -0.2) is 14.2 Å². The van der Waals surface area contributed by atoms with Crippen LogP contribution in [0, 0.1) is 5.82 Å². The number of benzene rings is 3. The van der Waals surface area contributed by atoms with Crippen molar-refractivity contribution in [3.05, 3.63) is 105 Å². The van der Waals surface area contributed by atoms with Gasteiger partial charge in [-0.3, -0.25) is 0 Å². The molecule has 144 valence electrons. The maximum atomic E-state index is 13.9. The van der Waals surface area contributed by atoms with Crippen LogP contribution in [0.5, 0.6) is 5.75 Å². The number of aliphatic imine (C=N–C) groups is 1. The molecular weight excluding hydrogens is 437 g/mol. The van der Waals surface area contributed by atoms with E-state index in [1.54, 1.807) is 24.3 Å². The summed E-state index contributed by atoms with van der Waals surface area (Å²) in [4.78, 5) is 16.3. The minimum atomic E-state index is -0.621. The molecule has 0 amide bonds. The van der Waals surface area contributed by atoms with Gasteiger partial charge in [-0.2, -0.15) is 0 Å². The maximum absolute atomic E-state index is 13.9. The number of rotatable bonds is 5. The third kappa shape index (κ3) is 4.60. The smallest absolute Gasteiger partial charge is 0.363 e. The number of carbonyl (C=O) groups excluding carboxylic acids is 1. The van der Waals surface area contributed by atoms with Crippen LogP contribution in [0.2, 0.25) is 0 Å². The molecule has 0 unspecified atom stereocenters. The van der Waals surface area contributed by atoms with Gasteiger partial charge in [0.1, 0.15) is 18.2 Å². The van der Waals surface area contributed by atoms with Crippen LogP contribution in [0.15, 0.2) is 88.0 Å². The Labute approximate surface area is 175 Å². The lowest BCUT2D eigenvalue weighted by Crippen LogP contribution is -2.07. The number of esters is 1. The van der Waals surface area contributed by atoms with E-state index >= 15 is 0 Å². The second kappa shape index (κ2) is 8.41. The molecule has 0 atom stereocenters. The summed E-state index contributed by atoms with van der Waals surface area (Å²) in [6, 6.07) is 21.2. The number of halogens is 2. The minimum Gasteiger partial charge on any atom is -0.489 e. The third-order valence-corrected chi connectivity index (χ3v) is 4.73. The molecule has 1 aliphatic heterocycles. The quantitative estimate of drug-likeness (QED) is 0.379. The molecule has 0 bridgehead atoms. The van der Waals surface area contributed by atoms with Crippen LogP contribution in [0.25, 0.3) is 6.08 Å². The largest absolute Gasteiger partial charge is 0.489 e. The fraction of sp³-hybridized carbons (Fsp3) is 0.0435. The molecule has 0 spiro atoms. The van der Waals surface area contributed by atoms with E-state index < -0.39 is 11.8 Å². The fourth-order valence-corrected chi connectivity index (χ4v) is 3.02. The van der Waals surface area contributed by atoms with Crippen molar-refractivity contribution in [1.29, 1.82) is 0 Å². The molecule has 4 nitrogen and oxygen atoms in total. The van der Waals surface area contributed by atoms with Crippen molar-refractivity contribution in [2.75, 3.05) is 0 Å². The predicted molar refractivity (Wildman–Crippen MR) is 112 cm³/mol. The highest BCUT2D eigenvalue weighted by atomic mass is 79.9. The van der Waals surface area contributed by atoms with Crippen molar-refractivity contribution < 1.29 is 18.7 Å². The molecule has 3 aromatic carbocycles. The topological polar surface area (TPSA) is 47.9 Å². The predicted octanol–water partition coefficient (Wildman–Crippen LogP) is 5.51. The molecular formula is C23H15BrFNO3. The highest BCUT2D eigenvalue weighted by molar-refractivity contribution is 9.10. The van der Waals surface area contributed by atoms with Gasteiger partial charge in [0.05, 0.1) is 5.56 Å². The van der Waals surface area contributed by atoms with Crippen LogP contribution in [0.3, 0.4) is 0 Å². The summed E-state index contributed by atoms with van der Waals surface area (Å²) in [5.74, 6) is -0.498. The van der Waals surface area contributed by atoms with Crippen molar-refractivity contribution in [2.24, 2.45) is 4.99 Å². The number of nitrogens with zero attached hydrogens (tertiary/aromatic N) is 1. The van der Waals surface area contributed by atoms with Gasteiger partial charge >= 0.3 is 5.97 Å². The normalized spacial score (nSPS) is 14.6. The van der Waals surface area contributed by atoms with Gasteiger partial charge in [-0.15, -0.1) is 0 Å². The van der Waals surface area contributed by atoms with Gasteiger partial charge in [-0.1, -0.05) is 52.3 Å². The summed E-state index contributed by atoms with van der Waals surface area (Å²) in [6.45, 7) is 0.422. The zero-order chi connectivity index (χ0) is 20.2. The van der Waals surface area contributed by atoms with Crippen LogP contribution in [-0.2, 0) is 16.1 Å². The lowest BCUT2D eigenvalue weighted by atomic mass is 10.2. The van der Waals surface area contributed by atoms with Crippen molar-refractivity contribution in [3.63, 3.8) is 0 Å². The SMILES string of the molecule is O=C1OC(c2ccccc2F)=NC1=Cc1cccc(OCc2ccc(Br)cc2)c1. The molecule has 29 heavy (non-hydrogen) atoms. The summed E-state index contributed by atoms with van der Waals surface area (Å²) in [5.41, 5.74) is 2.02. The Bertz CT molecular complexity index is 1120. The third-order valence-electron chi connectivity index (χ3n) is 4.21. The van der Waals surface area contributed by atoms with Crippen molar-refractivity contribution in [3.8, 4) is 5.75 Å². The van der Waals surface area contributed by atoms with E-state index in [4.69, 9.17) is 9.47 Å². The van der Waals surface area contributed by atoms with E-state index in [0.717, 1.165) is 15.6 Å². The monoisotopic (exact) mass is 451 g/mol. The molecule has 6 heteroatoms. The number of hydrogen-bond donors (Lipinski definition) is 0. The standard InChI is InChI=1S/C23H15BrFNO3/c24-17-10-8-15(9-11-17)14-28-18-5-3-4-16(12-18)13-21-23(27)29-22(26-21)19-6-1-2-7-20(19)25/h1-13H,14H2. The zero-order valence-electron chi connectivity index (χ0n) is 15.1. The van der Waals surface area contributed by atoms with E-state index in [2.05, 4.69) is 20.9 Å². The second-order valence-corrected chi connectivity index (χ2v) is 7.22. The molecule has 1 aliphatic rings. The summed E-state index contributed by atoms with van der Waals surface area (Å²) < 4.78 is 25.9. The Hall–Kier alpha value is -3.25. The molecule has 0 N–H and O–H groups in total. The van der Waals surface area contributed by atoms with E-state index in [-0.39, 0.29) is 17.2 Å². The summed E-state index contributed by atoms with van der Waals surface area (Å²) in [6.07, 6.45) is 1.59. The molecule has 0 saturated carbocycles. The highest BCUT2D eigenvalue weighted by Crippen LogP contribution is 2.23. The van der Waals surface area contributed by atoms with Gasteiger partial charge in [0, 0.05) is 4.47 Å². The first kappa shape index (κ1) is 19.1. The van der Waals surface area contributed by atoms with E-state index in [9.17, 15) is 9.18 Å². The van der Waals surface area contributed by atoms with Crippen LogP contribution in [0.1, 0.15) is 16.7 Å². The van der Waals surface area contributed by atoms with Gasteiger partial charge in [-0.05, 0) is 53.6 Å². The minimum absolute atomic E-state index is 0.0398.